The van der Waals surface area contributed by atoms with Gasteiger partial charge in [0.1, 0.15) is 5.03 Å². The molecule has 0 bridgehead atoms. The second kappa shape index (κ2) is 5.89. The number of thiazole rings is 1. The zero-order valence-corrected chi connectivity index (χ0v) is 12.0. The lowest BCUT2D eigenvalue weighted by Crippen LogP contribution is -2.22. The highest BCUT2D eigenvalue weighted by Gasteiger charge is 2.15. The second-order valence-electron chi connectivity index (χ2n) is 4.14. The minimum Gasteiger partial charge on any atom is -0.327 e. The molecule has 2 aromatic rings. The van der Waals surface area contributed by atoms with E-state index >= 15 is 0 Å². The van der Waals surface area contributed by atoms with E-state index in [0.717, 1.165) is 23.6 Å². The lowest BCUT2D eigenvalue weighted by atomic mass is 10.1. The molecule has 0 aliphatic rings. The SMILES string of the molecule is CCCSc1nc2sccn2c1CC(N)CC. The zero-order valence-electron chi connectivity index (χ0n) is 10.3. The highest BCUT2D eigenvalue weighted by molar-refractivity contribution is 7.99. The molecule has 0 radical (unpaired) electrons. The molecular weight excluding hydrogens is 250 g/mol. The smallest absolute Gasteiger partial charge is 0.194 e. The summed E-state index contributed by atoms with van der Waals surface area (Å²) in [5, 5.41) is 3.25. The van der Waals surface area contributed by atoms with Crippen molar-refractivity contribution in [2.24, 2.45) is 5.73 Å². The average Bonchev–Trinajstić information content (AvgIpc) is 2.89. The van der Waals surface area contributed by atoms with Crippen LogP contribution in [-0.2, 0) is 6.42 Å². The number of thioether (sulfide) groups is 1. The monoisotopic (exact) mass is 269 g/mol. The molecule has 0 spiro atoms. The first-order chi connectivity index (χ1) is 8.26. The van der Waals surface area contributed by atoms with Crippen LogP contribution in [0.3, 0.4) is 0 Å². The van der Waals surface area contributed by atoms with Crippen molar-refractivity contribution in [1.29, 1.82) is 0 Å². The first-order valence-electron chi connectivity index (χ1n) is 6.09. The summed E-state index contributed by atoms with van der Waals surface area (Å²) in [7, 11) is 0. The lowest BCUT2D eigenvalue weighted by Gasteiger charge is -2.09. The summed E-state index contributed by atoms with van der Waals surface area (Å²) < 4.78 is 2.19. The van der Waals surface area contributed by atoms with Crippen molar-refractivity contribution in [2.75, 3.05) is 5.75 Å². The normalized spacial score (nSPS) is 13.4. The van der Waals surface area contributed by atoms with Crippen LogP contribution < -0.4 is 5.73 Å². The Bertz CT molecular complexity index is 475. The zero-order chi connectivity index (χ0) is 12.3. The minimum atomic E-state index is 0.232. The van der Waals surface area contributed by atoms with Crippen LogP contribution in [0.5, 0.6) is 0 Å². The number of nitrogens with zero attached hydrogens (tertiary/aromatic N) is 2. The molecule has 1 unspecified atom stereocenters. The van der Waals surface area contributed by atoms with E-state index in [4.69, 9.17) is 5.73 Å². The highest BCUT2D eigenvalue weighted by Crippen LogP contribution is 2.27. The molecule has 1 atom stereocenters. The van der Waals surface area contributed by atoms with Crippen LogP contribution in [-0.4, -0.2) is 21.2 Å². The summed E-state index contributed by atoms with van der Waals surface area (Å²) >= 11 is 3.54. The van der Waals surface area contributed by atoms with E-state index in [1.807, 2.05) is 11.8 Å². The molecule has 5 heteroatoms. The van der Waals surface area contributed by atoms with Gasteiger partial charge in [-0.1, -0.05) is 13.8 Å². The highest BCUT2D eigenvalue weighted by atomic mass is 32.2. The van der Waals surface area contributed by atoms with Crippen LogP contribution in [0.1, 0.15) is 32.4 Å². The molecule has 94 valence electrons. The Labute approximate surface area is 110 Å². The van der Waals surface area contributed by atoms with Crippen LogP contribution in [0.25, 0.3) is 4.96 Å². The average molecular weight is 269 g/mol. The Balaban J connectivity index is 2.29. The second-order valence-corrected chi connectivity index (χ2v) is 6.10. The first-order valence-corrected chi connectivity index (χ1v) is 7.95. The summed E-state index contributed by atoms with van der Waals surface area (Å²) in [5.41, 5.74) is 7.36. The molecule has 0 aliphatic carbocycles. The molecule has 2 heterocycles. The van der Waals surface area contributed by atoms with Crippen LogP contribution in [0, 0.1) is 0 Å². The van der Waals surface area contributed by atoms with Crippen LogP contribution in [0.4, 0.5) is 0 Å². The van der Waals surface area contributed by atoms with Crippen molar-refractivity contribution in [1.82, 2.24) is 9.38 Å². The number of hydrogen-bond acceptors (Lipinski definition) is 4. The molecule has 2 aromatic heterocycles. The Kier molecular flexibility index (Phi) is 4.48. The van der Waals surface area contributed by atoms with E-state index in [9.17, 15) is 0 Å². The van der Waals surface area contributed by atoms with Gasteiger partial charge in [0.2, 0.25) is 0 Å². The molecule has 17 heavy (non-hydrogen) atoms. The van der Waals surface area contributed by atoms with Gasteiger partial charge >= 0.3 is 0 Å². The number of fused-ring (bicyclic) bond motifs is 1. The third-order valence-electron chi connectivity index (χ3n) is 2.75. The lowest BCUT2D eigenvalue weighted by molar-refractivity contribution is 0.627. The van der Waals surface area contributed by atoms with Gasteiger partial charge in [-0.15, -0.1) is 23.1 Å². The molecule has 0 saturated carbocycles. The van der Waals surface area contributed by atoms with Crippen molar-refractivity contribution >= 4 is 28.1 Å². The van der Waals surface area contributed by atoms with Crippen LogP contribution in [0.2, 0.25) is 0 Å². The summed E-state index contributed by atoms with van der Waals surface area (Å²) in [4.78, 5) is 5.77. The maximum atomic E-state index is 6.07. The predicted octanol–water partition coefficient (Wildman–Crippen LogP) is 3.18. The molecule has 0 amide bonds. The topological polar surface area (TPSA) is 43.3 Å². The number of hydrogen-bond donors (Lipinski definition) is 1. The molecule has 0 aliphatic heterocycles. The van der Waals surface area contributed by atoms with Crippen molar-refractivity contribution in [2.45, 2.75) is 44.2 Å². The molecular formula is C12H19N3S2. The van der Waals surface area contributed by atoms with Gasteiger partial charge in [0, 0.05) is 24.0 Å². The standard InChI is InChI=1S/C12H19N3S2/c1-3-6-16-11-10(8-9(13)4-2)15-5-7-17-12(15)14-11/h5,7,9H,3-4,6,8,13H2,1-2H3. The molecule has 0 saturated heterocycles. The van der Waals surface area contributed by atoms with Crippen molar-refractivity contribution in [3.63, 3.8) is 0 Å². The van der Waals surface area contributed by atoms with E-state index in [1.165, 1.54) is 17.1 Å². The fourth-order valence-electron chi connectivity index (χ4n) is 1.71. The quantitative estimate of drug-likeness (QED) is 0.819. The van der Waals surface area contributed by atoms with Gasteiger partial charge in [-0.25, -0.2) is 4.98 Å². The Morgan fingerprint density at radius 2 is 2.35 bits per heavy atom. The minimum absolute atomic E-state index is 0.232. The van der Waals surface area contributed by atoms with Crippen molar-refractivity contribution in [3.8, 4) is 0 Å². The van der Waals surface area contributed by atoms with Crippen molar-refractivity contribution < 1.29 is 0 Å². The number of nitrogens with two attached hydrogens (primary N) is 1. The third kappa shape index (κ3) is 2.84. The van der Waals surface area contributed by atoms with Gasteiger partial charge in [-0.05, 0) is 18.6 Å². The summed E-state index contributed by atoms with van der Waals surface area (Å²) in [6.45, 7) is 4.33. The maximum absolute atomic E-state index is 6.07. The van der Waals surface area contributed by atoms with Gasteiger partial charge in [0.25, 0.3) is 0 Å². The van der Waals surface area contributed by atoms with Gasteiger partial charge in [0.15, 0.2) is 4.96 Å². The molecule has 0 aromatic carbocycles. The molecule has 2 rings (SSSR count). The number of aromatic nitrogens is 2. The van der Waals surface area contributed by atoms with Gasteiger partial charge in [-0.3, -0.25) is 4.40 Å². The molecule has 2 N–H and O–H groups in total. The summed E-state index contributed by atoms with van der Waals surface area (Å²) in [6, 6.07) is 0.232. The van der Waals surface area contributed by atoms with E-state index < -0.39 is 0 Å². The van der Waals surface area contributed by atoms with E-state index in [0.29, 0.717) is 0 Å². The van der Waals surface area contributed by atoms with E-state index in [2.05, 4.69) is 34.8 Å². The number of rotatable bonds is 6. The number of imidazole rings is 1. The third-order valence-corrected chi connectivity index (χ3v) is 4.72. The Hall–Kier alpha value is -0.520. The Morgan fingerprint density at radius 1 is 1.53 bits per heavy atom. The fraction of sp³-hybridized carbons (Fsp3) is 0.583. The maximum Gasteiger partial charge on any atom is 0.194 e. The van der Waals surface area contributed by atoms with Crippen LogP contribution >= 0.6 is 23.1 Å². The molecule has 0 fully saturated rings. The van der Waals surface area contributed by atoms with Crippen LogP contribution in [0.15, 0.2) is 16.6 Å². The first kappa shape index (κ1) is 12.9. The summed E-state index contributed by atoms with van der Waals surface area (Å²) in [5.74, 6) is 1.12. The van der Waals surface area contributed by atoms with E-state index in [1.54, 1.807) is 11.3 Å². The van der Waals surface area contributed by atoms with E-state index in [-0.39, 0.29) is 6.04 Å². The largest absolute Gasteiger partial charge is 0.327 e. The summed E-state index contributed by atoms with van der Waals surface area (Å²) in [6.07, 6.45) is 5.20. The fourth-order valence-corrected chi connectivity index (χ4v) is 3.39. The van der Waals surface area contributed by atoms with Gasteiger partial charge in [-0.2, -0.15) is 0 Å². The van der Waals surface area contributed by atoms with Crippen molar-refractivity contribution in [3.05, 3.63) is 17.3 Å². The van der Waals surface area contributed by atoms with Gasteiger partial charge < -0.3 is 5.73 Å². The Morgan fingerprint density at radius 3 is 3.06 bits per heavy atom. The predicted molar refractivity (Wildman–Crippen MR) is 76.1 cm³/mol. The molecule has 3 nitrogen and oxygen atoms in total. The van der Waals surface area contributed by atoms with Gasteiger partial charge in [0.05, 0.1) is 5.69 Å².